The lowest BCUT2D eigenvalue weighted by atomic mass is 9.92. The summed E-state index contributed by atoms with van der Waals surface area (Å²) < 4.78 is 0. The van der Waals surface area contributed by atoms with Crippen molar-refractivity contribution >= 4 is 23.8 Å². The van der Waals surface area contributed by atoms with E-state index in [9.17, 15) is 14.7 Å². The van der Waals surface area contributed by atoms with Gasteiger partial charge in [-0.05, 0) is 12.8 Å². The van der Waals surface area contributed by atoms with Crippen molar-refractivity contribution in [2.45, 2.75) is 50.3 Å². The van der Waals surface area contributed by atoms with Crippen LogP contribution in [0.1, 0.15) is 32.1 Å². The van der Waals surface area contributed by atoms with E-state index in [0.29, 0.717) is 12.3 Å². The molecular formula is C14H24N2O4S. The van der Waals surface area contributed by atoms with E-state index in [0.717, 1.165) is 31.4 Å². The molecule has 21 heavy (non-hydrogen) atoms. The first-order valence-electron chi connectivity index (χ1n) is 7.51. The number of hydrogen-bond acceptors (Lipinski definition) is 4. The Labute approximate surface area is 129 Å². The van der Waals surface area contributed by atoms with Crippen molar-refractivity contribution in [2.24, 2.45) is 0 Å². The number of carboxylic acid groups (broad SMARTS) is 1. The maximum Gasteiger partial charge on any atom is 0.320 e. The molecule has 0 bridgehead atoms. The Morgan fingerprint density at radius 3 is 2.71 bits per heavy atom. The Balaban J connectivity index is 2.03. The summed E-state index contributed by atoms with van der Waals surface area (Å²) in [4.78, 5) is 26.9. The molecule has 0 aromatic heterocycles. The van der Waals surface area contributed by atoms with Crippen molar-refractivity contribution in [2.75, 3.05) is 25.1 Å². The van der Waals surface area contributed by atoms with Crippen LogP contribution in [0.5, 0.6) is 0 Å². The van der Waals surface area contributed by atoms with Gasteiger partial charge in [-0.3, -0.25) is 4.79 Å². The summed E-state index contributed by atoms with van der Waals surface area (Å²) in [5.74, 6) is 0.628. The lowest BCUT2D eigenvalue weighted by Crippen LogP contribution is -2.56. The van der Waals surface area contributed by atoms with Crippen LogP contribution in [0.4, 0.5) is 4.79 Å². The van der Waals surface area contributed by atoms with Crippen molar-refractivity contribution in [3.05, 3.63) is 0 Å². The SMILES string of the molecule is CN(C(=O)N1CCSCC1CC(=O)O)C1CCCCC1O. The molecule has 0 radical (unpaired) electrons. The van der Waals surface area contributed by atoms with Crippen LogP contribution in [0.2, 0.25) is 0 Å². The van der Waals surface area contributed by atoms with E-state index < -0.39 is 12.1 Å². The standard InChI is InChI=1S/C14H24N2O4S/c1-15(11-4-2-3-5-12(11)17)14(20)16-6-7-21-9-10(16)8-13(18)19/h10-12,17H,2-9H2,1H3,(H,18,19). The van der Waals surface area contributed by atoms with Gasteiger partial charge in [0.15, 0.2) is 0 Å². The molecule has 3 unspecified atom stereocenters. The molecule has 3 atom stereocenters. The van der Waals surface area contributed by atoms with Crippen molar-refractivity contribution in [1.82, 2.24) is 9.80 Å². The van der Waals surface area contributed by atoms with Gasteiger partial charge in [0, 0.05) is 25.1 Å². The highest BCUT2D eigenvalue weighted by Gasteiger charge is 2.35. The highest BCUT2D eigenvalue weighted by molar-refractivity contribution is 7.99. The fourth-order valence-corrected chi connectivity index (χ4v) is 4.23. The molecule has 0 aromatic carbocycles. The predicted octanol–water partition coefficient (Wildman–Crippen LogP) is 1.23. The Kier molecular flexibility index (Phi) is 5.75. The predicted molar refractivity (Wildman–Crippen MR) is 81.5 cm³/mol. The van der Waals surface area contributed by atoms with E-state index >= 15 is 0 Å². The number of aliphatic hydroxyl groups excluding tert-OH is 1. The molecular weight excluding hydrogens is 292 g/mol. The van der Waals surface area contributed by atoms with Gasteiger partial charge in [0.2, 0.25) is 0 Å². The number of nitrogens with zero attached hydrogens (tertiary/aromatic N) is 2. The Bertz CT molecular complexity index is 393. The highest BCUT2D eigenvalue weighted by Crippen LogP contribution is 2.25. The normalized spacial score (nSPS) is 30.0. The van der Waals surface area contributed by atoms with Gasteiger partial charge in [-0.1, -0.05) is 12.8 Å². The number of aliphatic hydroxyl groups is 1. The van der Waals surface area contributed by atoms with Crippen LogP contribution in [0.15, 0.2) is 0 Å². The van der Waals surface area contributed by atoms with Crippen molar-refractivity contribution in [3.8, 4) is 0 Å². The second kappa shape index (κ2) is 7.35. The van der Waals surface area contributed by atoms with E-state index in [1.807, 2.05) is 0 Å². The molecule has 120 valence electrons. The van der Waals surface area contributed by atoms with Gasteiger partial charge < -0.3 is 20.0 Å². The minimum Gasteiger partial charge on any atom is -0.481 e. The van der Waals surface area contributed by atoms with Gasteiger partial charge in [-0.15, -0.1) is 0 Å². The molecule has 7 heteroatoms. The molecule has 2 rings (SSSR count). The smallest absolute Gasteiger partial charge is 0.320 e. The number of carbonyl (C=O) groups is 2. The number of carboxylic acids is 1. The van der Waals surface area contributed by atoms with E-state index in [-0.39, 0.29) is 24.5 Å². The summed E-state index contributed by atoms with van der Waals surface area (Å²) in [6, 6.07) is -0.546. The van der Waals surface area contributed by atoms with Gasteiger partial charge in [0.25, 0.3) is 0 Å². The summed E-state index contributed by atoms with van der Waals surface area (Å²) in [6.45, 7) is 0.578. The topological polar surface area (TPSA) is 81.1 Å². The zero-order chi connectivity index (χ0) is 15.4. The number of thioether (sulfide) groups is 1. The molecule has 6 nitrogen and oxygen atoms in total. The Morgan fingerprint density at radius 1 is 1.33 bits per heavy atom. The van der Waals surface area contributed by atoms with Gasteiger partial charge >= 0.3 is 12.0 Å². The molecule has 1 aliphatic carbocycles. The van der Waals surface area contributed by atoms with E-state index in [4.69, 9.17) is 5.11 Å². The average Bonchev–Trinajstić information content (AvgIpc) is 2.46. The number of hydrogen-bond donors (Lipinski definition) is 2. The number of likely N-dealkylation sites (N-methyl/N-ethyl adjacent to an activating group) is 1. The third kappa shape index (κ3) is 4.03. The third-order valence-corrected chi connectivity index (χ3v) is 5.47. The van der Waals surface area contributed by atoms with Crippen LogP contribution in [-0.4, -0.2) is 75.3 Å². The number of rotatable bonds is 3. The van der Waals surface area contributed by atoms with E-state index in [1.54, 1.807) is 28.6 Å². The van der Waals surface area contributed by atoms with Crippen molar-refractivity contribution < 1.29 is 19.8 Å². The minimum atomic E-state index is -0.874. The maximum absolute atomic E-state index is 12.7. The van der Waals surface area contributed by atoms with Crippen LogP contribution in [0.3, 0.4) is 0 Å². The van der Waals surface area contributed by atoms with Gasteiger partial charge in [0.05, 0.1) is 24.6 Å². The summed E-state index contributed by atoms with van der Waals surface area (Å²) in [6.07, 6.45) is 3.09. The molecule has 0 spiro atoms. The van der Waals surface area contributed by atoms with Crippen LogP contribution in [-0.2, 0) is 4.79 Å². The second-order valence-electron chi connectivity index (χ2n) is 5.83. The molecule has 2 amide bonds. The monoisotopic (exact) mass is 316 g/mol. The fraction of sp³-hybridized carbons (Fsp3) is 0.857. The lowest BCUT2D eigenvalue weighted by Gasteiger charge is -2.41. The molecule has 1 saturated carbocycles. The first-order chi connectivity index (χ1) is 10.0. The van der Waals surface area contributed by atoms with Crippen molar-refractivity contribution in [1.29, 1.82) is 0 Å². The molecule has 1 heterocycles. The van der Waals surface area contributed by atoms with Crippen LogP contribution >= 0.6 is 11.8 Å². The molecule has 1 aliphatic heterocycles. The Morgan fingerprint density at radius 2 is 2.05 bits per heavy atom. The fourth-order valence-electron chi connectivity index (χ4n) is 3.17. The average molecular weight is 316 g/mol. The largest absolute Gasteiger partial charge is 0.481 e. The first kappa shape index (κ1) is 16.4. The second-order valence-corrected chi connectivity index (χ2v) is 6.98. The number of amides is 2. The lowest BCUT2D eigenvalue weighted by molar-refractivity contribution is -0.138. The van der Waals surface area contributed by atoms with Gasteiger partial charge in [-0.25, -0.2) is 4.79 Å². The van der Waals surface area contributed by atoms with Gasteiger partial charge in [0.1, 0.15) is 0 Å². The van der Waals surface area contributed by atoms with Gasteiger partial charge in [-0.2, -0.15) is 11.8 Å². The highest BCUT2D eigenvalue weighted by atomic mass is 32.2. The summed E-state index contributed by atoms with van der Waals surface area (Å²) in [5.41, 5.74) is 0. The summed E-state index contributed by atoms with van der Waals surface area (Å²) >= 11 is 1.69. The van der Waals surface area contributed by atoms with E-state index in [1.165, 1.54) is 0 Å². The summed E-state index contributed by atoms with van der Waals surface area (Å²) in [5, 5.41) is 19.1. The molecule has 0 aromatic rings. The molecule has 2 aliphatic rings. The van der Waals surface area contributed by atoms with Crippen LogP contribution in [0.25, 0.3) is 0 Å². The van der Waals surface area contributed by atoms with E-state index in [2.05, 4.69) is 0 Å². The Hall–Kier alpha value is -0.950. The zero-order valence-electron chi connectivity index (χ0n) is 12.4. The number of carbonyl (C=O) groups excluding carboxylic acids is 1. The van der Waals surface area contributed by atoms with Crippen LogP contribution < -0.4 is 0 Å². The molecule has 2 fully saturated rings. The zero-order valence-corrected chi connectivity index (χ0v) is 13.2. The summed E-state index contributed by atoms with van der Waals surface area (Å²) in [7, 11) is 1.72. The number of aliphatic carboxylic acids is 1. The van der Waals surface area contributed by atoms with Crippen molar-refractivity contribution in [3.63, 3.8) is 0 Å². The molecule has 2 N–H and O–H groups in total. The maximum atomic E-state index is 12.7. The number of urea groups is 1. The quantitative estimate of drug-likeness (QED) is 0.818. The minimum absolute atomic E-state index is 0.0141. The third-order valence-electron chi connectivity index (χ3n) is 4.38. The van der Waals surface area contributed by atoms with Crippen LogP contribution in [0, 0.1) is 0 Å². The molecule has 1 saturated heterocycles. The first-order valence-corrected chi connectivity index (χ1v) is 8.67.